The van der Waals surface area contributed by atoms with Gasteiger partial charge in [0.25, 0.3) is 5.91 Å². The number of hydrogen-bond donors (Lipinski definition) is 2. The molecule has 2 N–H and O–H groups in total. The van der Waals surface area contributed by atoms with Crippen LogP contribution in [0.4, 0.5) is 4.79 Å². The average Bonchev–Trinajstić information content (AvgIpc) is 3.10. The highest BCUT2D eigenvalue weighted by molar-refractivity contribution is 7.21. The molecule has 2 aromatic carbocycles. The van der Waals surface area contributed by atoms with Crippen molar-refractivity contribution >= 4 is 39.5 Å². The summed E-state index contributed by atoms with van der Waals surface area (Å²) in [6.45, 7) is 1.56. The third-order valence-corrected chi connectivity index (χ3v) is 4.67. The van der Waals surface area contributed by atoms with Crippen LogP contribution in [-0.2, 0) is 9.53 Å². The number of urea groups is 1. The van der Waals surface area contributed by atoms with Crippen LogP contribution in [0.25, 0.3) is 20.8 Å². The van der Waals surface area contributed by atoms with Gasteiger partial charge in [-0.1, -0.05) is 30.3 Å². The summed E-state index contributed by atoms with van der Waals surface area (Å²) >= 11 is 1.47. The molecule has 0 radical (unpaired) electrons. The number of imide groups is 1. The first kappa shape index (κ1) is 18.5. The van der Waals surface area contributed by atoms with Crippen molar-refractivity contribution in [1.29, 1.82) is 0 Å². The highest BCUT2D eigenvalue weighted by atomic mass is 32.1. The lowest BCUT2D eigenvalue weighted by molar-refractivity contribution is -0.123. The Morgan fingerprint density at radius 2 is 1.81 bits per heavy atom. The van der Waals surface area contributed by atoms with Gasteiger partial charge in [0.2, 0.25) is 0 Å². The predicted octanol–water partition coefficient (Wildman–Crippen LogP) is 2.97. The Bertz CT molecular complexity index is 966. The summed E-state index contributed by atoms with van der Waals surface area (Å²) in [7, 11) is 0. The molecule has 0 saturated carbocycles. The molecule has 0 bridgehead atoms. The molecule has 3 rings (SSSR count). The largest absolute Gasteiger partial charge is 0.452 e. The summed E-state index contributed by atoms with van der Waals surface area (Å²) in [6, 6.07) is 14.0. The van der Waals surface area contributed by atoms with Gasteiger partial charge in [-0.2, -0.15) is 0 Å². The van der Waals surface area contributed by atoms with Gasteiger partial charge in [-0.15, -0.1) is 11.3 Å². The normalized spacial score (nSPS) is 10.4. The van der Waals surface area contributed by atoms with Crippen LogP contribution in [0.3, 0.4) is 0 Å². The second-order valence-electron chi connectivity index (χ2n) is 5.52. The van der Waals surface area contributed by atoms with Crippen molar-refractivity contribution in [1.82, 2.24) is 15.6 Å². The number of benzene rings is 2. The van der Waals surface area contributed by atoms with Gasteiger partial charge in [-0.3, -0.25) is 10.1 Å². The molecule has 1 aromatic heterocycles. The number of carbonyl (C=O) groups excluding carboxylic acids is 3. The van der Waals surface area contributed by atoms with Gasteiger partial charge in [0.15, 0.2) is 6.61 Å². The van der Waals surface area contributed by atoms with Crippen LogP contribution in [-0.4, -0.2) is 36.0 Å². The maximum Gasteiger partial charge on any atom is 0.339 e. The molecule has 27 heavy (non-hydrogen) atoms. The number of aromatic nitrogens is 1. The molecule has 138 valence electrons. The zero-order valence-electron chi connectivity index (χ0n) is 14.5. The van der Waals surface area contributed by atoms with E-state index in [2.05, 4.69) is 15.6 Å². The van der Waals surface area contributed by atoms with Gasteiger partial charge >= 0.3 is 12.0 Å². The number of ether oxygens (including phenoxy) is 1. The molecule has 8 heteroatoms. The van der Waals surface area contributed by atoms with Gasteiger partial charge in [0.05, 0.1) is 15.8 Å². The number of esters is 1. The highest BCUT2D eigenvalue weighted by Gasteiger charge is 2.18. The molecule has 0 spiro atoms. The Balaban J connectivity index is 1.74. The first-order chi connectivity index (χ1) is 13.1. The molecule has 3 aromatic rings. The maximum atomic E-state index is 12.4. The summed E-state index contributed by atoms with van der Waals surface area (Å²) in [5.41, 5.74) is 1.79. The van der Waals surface area contributed by atoms with E-state index in [-0.39, 0.29) is 0 Å². The Labute approximate surface area is 159 Å². The Hall–Kier alpha value is -3.26. The number of thiazole rings is 1. The number of rotatable bonds is 5. The second kappa shape index (κ2) is 8.41. The molecule has 0 aliphatic carbocycles. The summed E-state index contributed by atoms with van der Waals surface area (Å²) in [5, 5.41) is 5.19. The van der Waals surface area contributed by atoms with E-state index in [1.54, 1.807) is 31.2 Å². The number of nitrogens with zero attached hydrogens (tertiary/aromatic N) is 1. The van der Waals surface area contributed by atoms with E-state index in [0.29, 0.717) is 22.7 Å². The van der Waals surface area contributed by atoms with Crippen molar-refractivity contribution in [3.63, 3.8) is 0 Å². The summed E-state index contributed by atoms with van der Waals surface area (Å²) < 4.78 is 6.06. The molecule has 7 nitrogen and oxygen atoms in total. The second-order valence-corrected chi connectivity index (χ2v) is 6.55. The molecule has 1 heterocycles. The lowest BCUT2D eigenvalue weighted by Crippen LogP contribution is -2.41. The fraction of sp³-hybridized carbons (Fsp3) is 0.158. The first-order valence-electron chi connectivity index (χ1n) is 8.28. The number of fused-ring (bicyclic) bond motifs is 1. The molecule has 0 atom stereocenters. The highest BCUT2D eigenvalue weighted by Crippen LogP contribution is 2.32. The summed E-state index contributed by atoms with van der Waals surface area (Å²) in [6.07, 6.45) is 0. The van der Waals surface area contributed by atoms with Crippen molar-refractivity contribution in [3.8, 4) is 10.6 Å². The van der Waals surface area contributed by atoms with Crippen LogP contribution < -0.4 is 10.6 Å². The Morgan fingerprint density at radius 1 is 1.07 bits per heavy atom. The molecule has 0 fully saturated rings. The standard InChI is InChI=1S/C19H17N3O4S/c1-2-20-19(25)22-16(23)11-26-18(24)13-8-4-3-7-12(13)17-21-14-9-5-6-10-15(14)27-17/h3-10H,2,11H2,1H3,(H2,20,22,23,25). The fourth-order valence-corrected chi connectivity index (χ4v) is 3.42. The van der Waals surface area contributed by atoms with Gasteiger partial charge in [-0.25, -0.2) is 14.6 Å². The van der Waals surface area contributed by atoms with Gasteiger partial charge in [-0.05, 0) is 25.1 Å². The monoisotopic (exact) mass is 383 g/mol. The van der Waals surface area contributed by atoms with Crippen LogP contribution in [0.5, 0.6) is 0 Å². The van der Waals surface area contributed by atoms with Crippen molar-refractivity contribution in [2.45, 2.75) is 6.92 Å². The van der Waals surface area contributed by atoms with E-state index in [9.17, 15) is 14.4 Å². The fourth-order valence-electron chi connectivity index (χ4n) is 2.41. The molecule has 0 saturated heterocycles. The first-order valence-corrected chi connectivity index (χ1v) is 9.10. The predicted molar refractivity (Wildman–Crippen MR) is 103 cm³/mol. The molecular weight excluding hydrogens is 366 g/mol. The lowest BCUT2D eigenvalue weighted by Gasteiger charge is -2.08. The third kappa shape index (κ3) is 4.48. The van der Waals surface area contributed by atoms with Crippen molar-refractivity contribution < 1.29 is 19.1 Å². The third-order valence-electron chi connectivity index (χ3n) is 3.60. The van der Waals surface area contributed by atoms with E-state index in [1.807, 2.05) is 24.3 Å². The van der Waals surface area contributed by atoms with Crippen LogP contribution >= 0.6 is 11.3 Å². The average molecular weight is 383 g/mol. The minimum atomic E-state index is -0.702. The molecule has 0 aliphatic heterocycles. The SMILES string of the molecule is CCNC(=O)NC(=O)COC(=O)c1ccccc1-c1nc2ccccc2s1. The Morgan fingerprint density at radius 3 is 2.59 bits per heavy atom. The van der Waals surface area contributed by atoms with Gasteiger partial charge < -0.3 is 10.1 Å². The van der Waals surface area contributed by atoms with Crippen LogP contribution in [0, 0.1) is 0 Å². The number of carbonyl (C=O) groups is 3. The van der Waals surface area contributed by atoms with Crippen molar-refractivity contribution in [3.05, 3.63) is 54.1 Å². The molecule has 3 amide bonds. The zero-order chi connectivity index (χ0) is 19.2. The van der Waals surface area contributed by atoms with Crippen LogP contribution in [0.15, 0.2) is 48.5 Å². The minimum Gasteiger partial charge on any atom is -0.452 e. The summed E-state index contributed by atoms with van der Waals surface area (Å²) in [4.78, 5) is 40.0. The van der Waals surface area contributed by atoms with Gasteiger partial charge in [0, 0.05) is 12.1 Å². The zero-order valence-corrected chi connectivity index (χ0v) is 15.3. The lowest BCUT2D eigenvalue weighted by atomic mass is 10.1. The van der Waals surface area contributed by atoms with Gasteiger partial charge in [0.1, 0.15) is 5.01 Å². The van der Waals surface area contributed by atoms with E-state index >= 15 is 0 Å². The Kier molecular flexibility index (Phi) is 5.77. The van der Waals surface area contributed by atoms with Crippen molar-refractivity contribution in [2.24, 2.45) is 0 Å². The molecule has 0 aliphatic rings. The number of para-hydroxylation sites is 1. The number of amides is 3. The van der Waals surface area contributed by atoms with Crippen LogP contribution in [0.1, 0.15) is 17.3 Å². The maximum absolute atomic E-state index is 12.4. The smallest absolute Gasteiger partial charge is 0.339 e. The topological polar surface area (TPSA) is 97.4 Å². The summed E-state index contributed by atoms with van der Waals surface area (Å²) in [5.74, 6) is -1.36. The quantitative estimate of drug-likeness (QED) is 0.660. The van der Waals surface area contributed by atoms with Crippen molar-refractivity contribution in [2.75, 3.05) is 13.2 Å². The van der Waals surface area contributed by atoms with E-state index in [1.165, 1.54) is 11.3 Å². The minimum absolute atomic E-state index is 0.308. The van der Waals surface area contributed by atoms with E-state index in [4.69, 9.17) is 4.74 Å². The molecular formula is C19H17N3O4S. The number of hydrogen-bond acceptors (Lipinski definition) is 6. The molecule has 0 unspecified atom stereocenters. The van der Waals surface area contributed by atoms with Crippen LogP contribution in [0.2, 0.25) is 0 Å². The number of nitrogens with one attached hydrogen (secondary N) is 2. The van der Waals surface area contributed by atoms with E-state index < -0.39 is 24.5 Å². The van der Waals surface area contributed by atoms with E-state index in [0.717, 1.165) is 10.2 Å².